The maximum atomic E-state index is 10.0. The maximum absolute atomic E-state index is 10.0. The first-order valence-electron chi connectivity index (χ1n) is 8.05. The van der Waals surface area contributed by atoms with Crippen LogP contribution < -0.4 is 0 Å². The summed E-state index contributed by atoms with van der Waals surface area (Å²) >= 11 is 0. The second-order valence-corrected chi connectivity index (χ2v) is 8.28. The highest BCUT2D eigenvalue weighted by molar-refractivity contribution is 5.05. The van der Waals surface area contributed by atoms with E-state index in [2.05, 4.69) is 10.3 Å². The average Bonchev–Trinajstić information content (AvgIpc) is 2.74. The van der Waals surface area contributed by atoms with Crippen LogP contribution in [0.15, 0.2) is 6.20 Å². The molecule has 4 saturated carbocycles. The standard InChI is InChI=1S/C16H25N3O/c1-15(2,20)14-9-19(18-17-14)10-16-6-11-3-12(7-16)5-13(4-11)8-16/h9,11-13,20H,3-8,10H2,1-2H3. The molecule has 0 saturated heterocycles. The summed E-state index contributed by atoms with van der Waals surface area (Å²) < 4.78 is 1.99. The summed E-state index contributed by atoms with van der Waals surface area (Å²) in [7, 11) is 0. The van der Waals surface area contributed by atoms with Crippen LogP contribution in [-0.2, 0) is 12.1 Å². The highest BCUT2D eigenvalue weighted by Crippen LogP contribution is 2.60. The molecule has 0 spiro atoms. The van der Waals surface area contributed by atoms with E-state index in [0.717, 1.165) is 24.3 Å². The minimum Gasteiger partial charge on any atom is -0.384 e. The third-order valence-corrected chi connectivity index (χ3v) is 5.83. The van der Waals surface area contributed by atoms with E-state index in [-0.39, 0.29) is 0 Å². The van der Waals surface area contributed by atoms with Crippen molar-refractivity contribution in [3.63, 3.8) is 0 Å². The van der Waals surface area contributed by atoms with Gasteiger partial charge in [0, 0.05) is 6.54 Å². The summed E-state index contributed by atoms with van der Waals surface area (Å²) in [6.45, 7) is 4.54. The Morgan fingerprint density at radius 3 is 2.20 bits per heavy atom. The van der Waals surface area contributed by atoms with Crippen molar-refractivity contribution in [3.8, 4) is 0 Å². The van der Waals surface area contributed by atoms with E-state index in [0.29, 0.717) is 11.1 Å². The fourth-order valence-electron chi connectivity index (χ4n) is 5.48. The summed E-state index contributed by atoms with van der Waals surface area (Å²) in [5, 5.41) is 18.4. The molecule has 0 aliphatic heterocycles. The Morgan fingerprint density at radius 1 is 1.20 bits per heavy atom. The molecule has 0 unspecified atom stereocenters. The average molecular weight is 275 g/mol. The molecule has 1 aromatic heterocycles. The number of hydrogen-bond donors (Lipinski definition) is 1. The highest BCUT2D eigenvalue weighted by atomic mass is 16.3. The Morgan fingerprint density at radius 2 is 1.75 bits per heavy atom. The third kappa shape index (κ3) is 2.09. The minimum atomic E-state index is -0.889. The van der Waals surface area contributed by atoms with Gasteiger partial charge in [0.2, 0.25) is 0 Å². The largest absolute Gasteiger partial charge is 0.384 e. The molecule has 5 rings (SSSR count). The molecule has 1 aromatic rings. The number of rotatable bonds is 3. The molecule has 0 atom stereocenters. The molecule has 4 heteroatoms. The molecule has 4 fully saturated rings. The van der Waals surface area contributed by atoms with Gasteiger partial charge >= 0.3 is 0 Å². The molecule has 4 bridgehead atoms. The topological polar surface area (TPSA) is 50.9 Å². The molecule has 110 valence electrons. The van der Waals surface area contributed by atoms with Crippen molar-refractivity contribution in [1.29, 1.82) is 0 Å². The van der Waals surface area contributed by atoms with Gasteiger partial charge in [-0.15, -0.1) is 5.10 Å². The van der Waals surface area contributed by atoms with Crippen LogP contribution in [0.5, 0.6) is 0 Å². The van der Waals surface area contributed by atoms with Gasteiger partial charge in [-0.25, -0.2) is 0 Å². The van der Waals surface area contributed by atoms with Crippen LogP contribution in [-0.4, -0.2) is 20.1 Å². The van der Waals surface area contributed by atoms with Crippen molar-refractivity contribution in [2.24, 2.45) is 23.2 Å². The molecule has 4 aliphatic rings. The molecular weight excluding hydrogens is 250 g/mol. The zero-order valence-corrected chi connectivity index (χ0v) is 12.5. The van der Waals surface area contributed by atoms with Crippen molar-refractivity contribution >= 4 is 0 Å². The van der Waals surface area contributed by atoms with Gasteiger partial charge in [0.25, 0.3) is 0 Å². The van der Waals surface area contributed by atoms with Gasteiger partial charge in [-0.3, -0.25) is 4.68 Å². The smallest absolute Gasteiger partial charge is 0.114 e. The van der Waals surface area contributed by atoms with Crippen molar-refractivity contribution in [3.05, 3.63) is 11.9 Å². The minimum absolute atomic E-state index is 0.472. The molecule has 1 heterocycles. The Hall–Kier alpha value is -0.900. The van der Waals surface area contributed by atoms with Crippen LogP contribution in [0.1, 0.15) is 58.1 Å². The van der Waals surface area contributed by atoms with Crippen molar-refractivity contribution < 1.29 is 5.11 Å². The normalized spacial score (nSPS) is 39.5. The molecule has 4 aliphatic carbocycles. The van der Waals surface area contributed by atoms with E-state index < -0.39 is 5.60 Å². The van der Waals surface area contributed by atoms with Gasteiger partial charge < -0.3 is 5.11 Å². The Bertz CT molecular complexity index is 479. The highest BCUT2D eigenvalue weighted by Gasteiger charge is 2.51. The first-order chi connectivity index (χ1) is 9.42. The maximum Gasteiger partial charge on any atom is 0.114 e. The predicted molar refractivity (Wildman–Crippen MR) is 75.9 cm³/mol. The second kappa shape index (κ2) is 4.06. The summed E-state index contributed by atoms with van der Waals surface area (Å²) in [6.07, 6.45) is 10.5. The Balaban J connectivity index is 1.55. The quantitative estimate of drug-likeness (QED) is 0.922. The fourth-order valence-corrected chi connectivity index (χ4v) is 5.48. The zero-order chi connectivity index (χ0) is 14.0. The van der Waals surface area contributed by atoms with E-state index in [1.807, 2.05) is 10.9 Å². The van der Waals surface area contributed by atoms with Gasteiger partial charge in [-0.2, -0.15) is 0 Å². The molecule has 0 radical (unpaired) electrons. The van der Waals surface area contributed by atoms with E-state index in [1.165, 1.54) is 38.5 Å². The van der Waals surface area contributed by atoms with Gasteiger partial charge in [-0.1, -0.05) is 5.21 Å². The van der Waals surface area contributed by atoms with Crippen LogP contribution in [0.3, 0.4) is 0 Å². The van der Waals surface area contributed by atoms with Crippen LogP contribution in [0.2, 0.25) is 0 Å². The van der Waals surface area contributed by atoms with E-state index in [1.54, 1.807) is 13.8 Å². The van der Waals surface area contributed by atoms with Crippen molar-refractivity contribution in [2.45, 2.75) is 64.5 Å². The molecule has 4 nitrogen and oxygen atoms in total. The first kappa shape index (κ1) is 12.8. The van der Waals surface area contributed by atoms with Crippen molar-refractivity contribution in [1.82, 2.24) is 15.0 Å². The van der Waals surface area contributed by atoms with Crippen LogP contribution in [0.4, 0.5) is 0 Å². The number of aromatic nitrogens is 3. The Labute approximate surface area is 120 Å². The summed E-state index contributed by atoms with van der Waals surface area (Å²) in [5.74, 6) is 2.91. The van der Waals surface area contributed by atoms with Crippen LogP contribution in [0, 0.1) is 23.2 Å². The van der Waals surface area contributed by atoms with Gasteiger partial charge in [0.15, 0.2) is 0 Å². The van der Waals surface area contributed by atoms with Crippen LogP contribution in [0.25, 0.3) is 0 Å². The lowest BCUT2D eigenvalue weighted by Crippen LogP contribution is -2.48. The lowest BCUT2D eigenvalue weighted by atomic mass is 9.49. The molecule has 0 aromatic carbocycles. The SMILES string of the molecule is CC(C)(O)c1cn(CC23CC4CC(CC(C4)C2)C3)nn1. The van der Waals surface area contributed by atoms with Gasteiger partial charge in [0.1, 0.15) is 11.3 Å². The summed E-state index contributed by atoms with van der Waals surface area (Å²) in [5.41, 5.74) is 0.265. The zero-order valence-electron chi connectivity index (χ0n) is 12.5. The molecular formula is C16H25N3O. The first-order valence-corrected chi connectivity index (χ1v) is 8.05. The lowest BCUT2D eigenvalue weighted by molar-refractivity contribution is -0.0638. The predicted octanol–water partition coefficient (Wildman–Crippen LogP) is 2.72. The van der Waals surface area contributed by atoms with E-state index in [9.17, 15) is 5.11 Å². The fraction of sp³-hybridized carbons (Fsp3) is 0.875. The van der Waals surface area contributed by atoms with Crippen molar-refractivity contribution in [2.75, 3.05) is 0 Å². The number of hydrogen-bond acceptors (Lipinski definition) is 3. The van der Waals surface area contributed by atoms with E-state index >= 15 is 0 Å². The summed E-state index contributed by atoms with van der Waals surface area (Å²) in [4.78, 5) is 0. The lowest BCUT2D eigenvalue weighted by Gasteiger charge is -2.56. The number of nitrogens with zero attached hydrogens (tertiary/aromatic N) is 3. The third-order valence-electron chi connectivity index (χ3n) is 5.83. The van der Waals surface area contributed by atoms with Gasteiger partial charge in [-0.05, 0) is 75.5 Å². The second-order valence-electron chi connectivity index (χ2n) is 8.28. The monoisotopic (exact) mass is 275 g/mol. The van der Waals surface area contributed by atoms with E-state index in [4.69, 9.17) is 0 Å². The molecule has 1 N–H and O–H groups in total. The van der Waals surface area contributed by atoms with Crippen LogP contribution >= 0.6 is 0 Å². The molecule has 0 amide bonds. The number of aliphatic hydroxyl groups is 1. The Kier molecular flexibility index (Phi) is 2.60. The summed E-state index contributed by atoms with van der Waals surface area (Å²) in [6, 6.07) is 0. The van der Waals surface area contributed by atoms with Gasteiger partial charge in [0.05, 0.1) is 6.20 Å². The molecule has 20 heavy (non-hydrogen) atoms.